The molecule has 30 heavy (non-hydrogen) atoms. The Hall–Kier alpha value is -3.50. The fourth-order valence-electron chi connectivity index (χ4n) is 2.48. The van der Waals surface area contributed by atoms with E-state index in [0.717, 1.165) is 12.1 Å². The monoisotopic (exact) mass is 449 g/mol. The second kappa shape index (κ2) is 8.47. The first kappa shape index (κ1) is 21.2. The Labute approximate surface area is 175 Å². The number of carbonyl (C=O) groups excluding carboxylic acids is 1. The molecule has 8 nitrogen and oxygen atoms in total. The van der Waals surface area contributed by atoms with Crippen molar-refractivity contribution in [2.45, 2.75) is 4.90 Å². The molecule has 3 rings (SSSR count). The van der Waals surface area contributed by atoms with E-state index in [1.807, 2.05) is 0 Å². The highest BCUT2D eigenvalue weighted by atomic mass is 35.5. The quantitative estimate of drug-likeness (QED) is 0.426. The molecule has 0 unspecified atom stereocenters. The third-order valence-electron chi connectivity index (χ3n) is 3.89. The zero-order valence-corrected chi connectivity index (χ0v) is 16.6. The highest BCUT2D eigenvalue weighted by Crippen LogP contribution is 2.23. The molecule has 0 aliphatic rings. The number of amides is 1. The van der Waals surface area contributed by atoms with E-state index < -0.39 is 26.7 Å². The summed E-state index contributed by atoms with van der Waals surface area (Å²) < 4.78 is 40.6. The zero-order valence-electron chi connectivity index (χ0n) is 15.0. The van der Waals surface area contributed by atoms with E-state index in [0.29, 0.717) is 0 Å². The number of benzene rings is 3. The van der Waals surface area contributed by atoms with E-state index in [1.165, 1.54) is 54.6 Å². The number of hydrogen-bond acceptors (Lipinski definition) is 5. The summed E-state index contributed by atoms with van der Waals surface area (Å²) in [7, 11) is -4.13. The van der Waals surface area contributed by atoms with Crippen molar-refractivity contribution in [2.75, 3.05) is 10.0 Å². The third-order valence-corrected chi connectivity index (χ3v) is 5.56. The largest absolute Gasteiger partial charge is 0.322 e. The Morgan fingerprint density at radius 1 is 1.00 bits per heavy atom. The molecule has 2 N–H and O–H groups in total. The van der Waals surface area contributed by atoms with Gasteiger partial charge in [-0.2, -0.15) is 0 Å². The second-order valence-corrected chi connectivity index (χ2v) is 8.11. The molecule has 0 radical (unpaired) electrons. The van der Waals surface area contributed by atoms with Gasteiger partial charge in [0.25, 0.3) is 21.6 Å². The number of nitrogens with zero attached hydrogens (tertiary/aromatic N) is 1. The van der Waals surface area contributed by atoms with Crippen LogP contribution in [0.15, 0.2) is 71.6 Å². The van der Waals surface area contributed by atoms with Crippen LogP contribution >= 0.6 is 11.6 Å². The summed E-state index contributed by atoms with van der Waals surface area (Å²) in [4.78, 5) is 22.3. The zero-order chi connectivity index (χ0) is 21.9. The number of carbonyl (C=O) groups is 1. The number of anilines is 2. The summed E-state index contributed by atoms with van der Waals surface area (Å²) in [5, 5.41) is 13.2. The van der Waals surface area contributed by atoms with Gasteiger partial charge in [0.2, 0.25) is 0 Å². The molecule has 0 fully saturated rings. The molecule has 0 aliphatic heterocycles. The minimum absolute atomic E-state index is 0.0753. The van der Waals surface area contributed by atoms with Gasteiger partial charge in [-0.25, -0.2) is 12.8 Å². The third kappa shape index (κ3) is 4.91. The standard InChI is InChI=1S/C19H13ClFN3O5S/c20-17-10-13(7-8-18(17)21)22-19(25)12-3-1-4-14(9-12)23-30(28,29)16-6-2-5-15(11-16)24(26)27/h1-11,23H,(H,22,25). The molecule has 0 heterocycles. The maximum Gasteiger partial charge on any atom is 0.270 e. The number of nitro groups is 1. The molecule has 154 valence electrons. The first-order valence-corrected chi connectivity index (χ1v) is 10.2. The predicted octanol–water partition coefficient (Wildman–Crippen LogP) is 4.44. The molecule has 0 atom stereocenters. The summed E-state index contributed by atoms with van der Waals surface area (Å²) in [6.45, 7) is 0. The molecule has 3 aromatic carbocycles. The Bertz CT molecular complexity index is 1250. The van der Waals surface area contributed by atoms with Gasteiger partial charge in [0.05, 0.1) is 14.8 Å². The molecule has 3 aromatic rings. The number of rotatable bonds is 6. The van der Waals surface area contributed by atoms with Crippen molar-refractivity contribution in [3.63, 3.8) is 0 Å². The molecule has 0 aromatic heterocycles. The SMILES string of the molecule is O=C(Nc1ccc(F)c(Cl)c1)c1cccc(NS(=O)(=O)c2cccc([N+](=O)[O-])c2)c1. The predicted molar refractivity (Wildman–Crippen MR) is 110 cm³/mol. The van der Waals surface area contributed by atoms with Crippen LogP contribution in [0.3, 0.4) is 0 Å². The van der Waals surface area contributed by atoms with Crippen LogP contribution in [-0.4, -0.2) is 19.2 Å². The van der Waals surface area contributed by atoms with Crippen LogP contribution in [0, 0.1) is 15.9 Å². The molecular formula is C19H13ClFN3O5S. The molecule has 0 saturated carbocycles. The summed E-state index contributed by atoms with van der Waals surface area (Å²) in [5.74, 6) is -1.21. The highest BCUT2D eigenvalue weighted by molar-refractivity contribution is 7.92. The first-order valence-electron chi connectivity index (χ1n) is 8.29. The van der Waals surface area contributed by atoms with Crippen molar-refractivity contribution in [1.82, 2.24) is 0 Å². The van der Waals surface area contributed by atoms with Gasteiger partial charge in [0.15, 0.2) is 0 Å². The average Bonchev–Trinajstić information content (AvgIpc) is 2.70. The van der Waals surface area contributed by atoms with Gasteiger partial charge >= 0.3 is 0 Å². The van der Waals surface area contributed by atoms with Gasteiger partial charge in [-0.1, -0.05) is 23.7 Å². The average molecular weight is 450 g/mol. The van der Waals surface area contributed by atoms with Crippen molar-refractivity contribution in [1.29, 1.82) is 0 Å². The summed E-state index contributed by atoms with van der Waals surface area (Å²) in [6.07, 6.45) is 0. The molecule has 0 spiro atoms. The Balaban J connectivity index is 1.81. The van der Waals surface area contributed by atoms with E-state index in [-0.39, 0.29) is 32.5 Å². The lowest BCUT2D eigenvalue weighted by atomic mass is 10.2. The number of halogens is 2. The Morgan fingerprint density at radius 2 is 1.73 bits per heavy atom. The first-order chi connectivity index (χ1) is 14.2. The minimum Gasteiger partial charge on any atom is -0.322 e. The molecule has 1 amide bonds. The van der Waals surface area contributed by atoms with E-state index in [4.69, 9.17) is 11.6 Å². The van der Waals surface area contributed by atoms with Gasteiger partial charge in [-0.15, -0.1) is 0 Å². The second-order valence-electron chi connectivity index (χ2n) is 6.02. The number of sulfonamides is 1. The van der Waals surface area contributed by atoms with Gasteiger partial charge in [-0.05, 0) is 42.5 Å². The minimum atomic E-state index is -4.13. The van der Waals surface area contributed by atoms with Crippen LogP contribution in [0.5, 0.6) is 0 Å². The Kier molecular flexibility index (Phi) is 5.99. The number of nitro benzene ring substituents is 1. The fourth-order valence-corrected chi connectivity index (χ4v) is 3.75. The lowest BCUT2D eigenvalue weighted by molar-refractivity contribution is -0.385. The van der Waals surface area contributed by atoms with Crippen LogP contribution < -0.4 is 10.0 Å². The van der Waals surface area contributed by atoms with Crippen LogP contribution in [-0.2, 0) is 10.0 Å². The molecule has 0 aliphatic carbocycles. The van der Waals surface area contributed by atoms with Crippen molar-refractivity contribution < 1.29 is 22.5 Å². The van der Waals surface area contributed by atoms with Crippen molar-refractivity contribution in [2.24, 2.45) is 0 Å². The normalized spacial score (nSPS) is 11.0. The lowest BCUT2D eigenvalue weighted by Crippen LogP contribution is -2.15. The smallest absolute Gasteiger partial charge is 0.270 e. The van der Waals surface area contributed by atoms with E-state index in [9.17, 15) is 27.7 Å². The lowest BCUT2D eigenvalue weighted by Gasteiger charge is -2.10. The molecule has 11 heteroatoms. The molecule has 0 saturated heterocycles. The van der Waals surface area contributed by atoms with Crippen molar-refractivity contribution in [3.8, 4) is 0 Å². The topological polar surface area (TPSA) is 118 Å². The van der Waals surface area contributed by atoms with Gasteiger partial charge in [0, 0.05) is 29.1 Å². The maximum atomic E-state index is 13.2. The van der Waals surface area contributed by atoms with Gasteiger partial charge in [-0.3, -0.25) is 19.6 Å². The molecule has 0 bridgehead atoms. The number of non-ortho nitro benzene ring substituents is 1. The van der Waals surface area contributed by atoms with Gasteiger partial charge in [0.1, 0.15) is 5.82 Å². The summed E-state index contributed by atoms with van der Waals surface area (Å²) in [5.41, 5.74) is 0.0823. The van der Waals surface area contributed by atoms with Crippen LogP contribution in [0.4, 0.5) is 21.5 Å². The number of hydrogen-bond donors (Lipinski definition) is 2. The Morgan fingerprint density at radius 3 is 2.43 bits per heavy atom. The summed E-state index contributed by atoms with van der Waals surface area (Å²) >= 11 is 5.68. The van der Waals surface area contributed by atoms with Crippen LogP contribution in [0.2, 0.25) is 5.02 Å². The molecular weight excluding hydrogens is 437 g/mol. The van der Waals surface area contributed by atoms with Crippen LogP contribution in [0.1, 0.15) is 10.4 Å². The van der Waals surface area contributed by atoms with E-state index >= 15 is 0 Å². The van der Waals surface area contributed by atoms with E-state index in [2.05, 4.69) is 10.0 Å². The number of nitrogens with one attached hydrogen (secondary N) is 2. The fraction of sp³-hybridized carbons (Fsp3) is 0. The van der Waals surface area contributed by atoms with Crippen molar-refractivity contribution >= 4 is 44.6 Å². The van der Waals surface area contributed by atoms with Crippen LogP contribution in [0.25, 0.3) is 0 Å². The van der Waals surface area contributed by atoms with E-state index in [1.54, 1.807) is 0 Å². The highest BCUT2D eigenvalue weighted by Gasteiger charge is 2.18. The van der Waals surface area contributed by atoms with Crippen molar-refractivity contribution in [3.05, 3.63) is 93.2 Å². The summed E-state index contributed by atoms with van der Waals surface area (Å²) in [6, 6.07) is 13.8. The van der Waals surface area contributed by atoms with Gasteiger partial charge < -0.3 is 5.32 Å². The maximum absolute atomic E-state index is 13.2.